The summed E-state index contributed by atoms with van der Waals surface area (Å²) in [6.45, 7) is 0. The molecule has 0 N–H and O–H groups in total. The van der Waals surface area contributed by atoms with Crippen molar-refractivity contribution in [2.45, 2.75) is 4.90 Å². The second-order valence-electron chi connectivity index (χ2n) is 5.26. The third-order valence-corrected chi connectivity index (χ3v) is 4.59. The van der Waals surface area contributed by atoms with Crippen molar-refractivity contribution in [2.24, 2.45) is 0 Å². The molecule has 0 atom stereocenters. The highest BCUT2D eigenvalue weighted by Crippen LogP contribution is 2.22. The maximum atomic E-state index is 13.1. The lowest BCUT2D eigenvalue weighted by Crippen LogP contribution is -2.11. The van der Waals surface area contributed by atoms with Crippen LogP contribution in [0.2, 0.25) is 0 Å². The minimum atomic E-state index is -3.30. The first kappa shape index (κ1) is 16.1. The van der Waals surface area contributed by atoms with Crippen molar-refractivity contribution in [3.8, 4) is 16.9 Å². The SMILES string of the molecule is CS(=O)(=O)c1ccc(-n2ncc(=O)cc2-c2ccc(F)cc2)cc1. The molecule has 3 rings (SSSR count). The van der Waals surface area contributed by atoms with Crippen LogP contribution in [0.3, 0.4) is 0 Å². The Hall–Kier alpha value is -2.80. The maximum absolute atomic E-state index is 13.1. The molecule has 0 radical (unpaired) electrons. The van der Waals surface area contributed by atoms with E-state index in [2.05, 4.69) is 5.10 Å². The van der Waals surface area contributed by atoms with E-state index in [1.165, 1.54) is 35.0 Å². The molecule has 3 aromatic rings. The zero-order valence-electron chi connectivity index (χ0n) is 12.7. The van der Waals surface area contributed by atoms with Crippen LogP contribution in [-0.4, -0.2) is 24.5 Å². The Morgan fingerprint density at radius 2 is 1.62 bits per heavy atom. The zero-order chi connectivity index (χ0) is 17.3. The first-order valence-corrected chi connectivity index (χ1v) is 8.89. The highest BCUT2D eigenvalue weighted by Gasteiger charge is 2.10. The van der Waals surface area contributed by atoms with Gasteiger partial charge in [-0.3, -0.25) is 4.79 Å². The molecule has 0 aliphatic heterocycles. The monoisotopic (exact) mass is 344 g/mol. The van der Waals surface area contributed by atoms with Crippen LogP contribution in [0.5, 0.6) is 0 Å². The molecule has 0 spiro atoms. The number of hydrogen-bond acceptors (Lipinski definition) is 4. The van der Waals surface area contributed by atoms with Crippen LogP contribution < -0.4 is 5.43 Å². The largest absolute Gasteiger partial charge is 0.288 e. The van der Waals surface area contributed by atoms with Crippen LogP contribution in [0, 0.1) is 5.82 Å². The van der Waals surface area contributed by atoms with Crippen molar-refractivity contribution in [1.82, 2.24) is 9.78 Å². The van der Waals surface area contributed by atoms with Crippen molar-refractivity contribution in [3.05, 3.63) is 76.8 Å². The summed E-state index contributed by atoms with van der Waals surface area (Å²) in [6.07, 6.45) is 2.29. The van der Waals surface area contributed by atoms with Crippen molar-refractivity contribution in [2.75, 3.05) is 6.26 Å². The molecule has 0 saturated heterocycles. The lowest BCUT2D eigenvalue weighted by Gasteiger charge is -2.12. The highest BCUT2D eigenvalue weighted by molar-refractivity contribution is 7.90. The van der Waals surface area contributed by atoms with Crippen LogP contribution in [-0.2, 0) is 9.84 Å². The van der Waals surface area contributed by atoms with Crippen molar-refractivity contribution < 1.29 is 12.8 Å². The van der Waals surface area contributed by atoms with E-state index in [-0.39, 0.29) is 16.1 Å². The van der Waals surface area contributed by atoms with E-state index in [0.717, 1.165) is 12.5 Å². The van der Waals surface area contributed by atoms with E-state index in [0.29, 0.717) is 16.9 Å². The normalized spacial score (nSPS) is 11.4. The molecule has 1 heterocycles. The summed E-state index contributed by atoms with van der Waals surface area (Å²) in [7, 11) is -3.30. The molecule has 0 saturated carbocycles. The molecule has 0 fully saturated rings. The van der Waals surface area contributed by atoms with Crippen molar-refractivity contribution in [3.63, 3.8) is 0 Å². The third-order valence-electron chi connectivity index (χ3n) is 3.46. The fourth-order valence-corrected chi connectivity index (χ4v) is 2.91. The molecule has 2 aromatic carbocycles. The first-order valence-electron chi connectivity index (χ1n) is 7.00. The van der Waals surface area contributed by atoms with Gasteiger partial charge < -0.3 is 0 Å². The van der Waals surface area contributed by atoms with Crippen LogP contribution >= 0.6 is 0 Å². The summed E-state index contributed by atoms with van der Waals surface area (Å²) in [5.41, 5.74) is 1.41. The number of rotatable bonds is 3. The molecule has 1 aromatic heterocycles. The van der Waals surface area contributed by atoms with E-state index >= 15 is 0 Å². The Morgan fingerprint density at radius 1 is 1.00 bits per heavy atom. The van der Waals surface area contributed by atoms with Gasteiger partial charge in [-0.2, -0.15) is 5.10 Å². The van der Waals surface area contributed by atoms with Gasteiger partial charge in [0, 0.05) is 17.9 Å². The third kappa shape index (κ3) is 3.26. The number of benzene rings is 2. The molecule has 0 aliphatic carbocycles. The number of hydrogen-bond donors (Lipinski definition) is 0. The average molecular weight is 344 g/mol. The van der Waals surface area contributed by atoms with E-state index < -0.39 is 9.84 Å². The number of sulfone groups is 1. The Kier molecular flexibility index (Phi) is 4.02. The molecule has 0 unspecified atom stereocenters. The van der Waals surface area contributed by atoms with Crippen molar-refractivity contribution >= 4 is 9.84 Å². The van der Waals surface area contributed by atoms with Gasteiger partial charge in [-0.25, -0.2) is 17.5 Å². The molecule has 24 heavy (non-hydrogen) atoms. The number of nitrogens with zero attached hydrogens (tertiary/aromatic N) is 2. The van der Waals surface area contributed by atoms with E-state index in [9.17, 15) is 17.6 Å². The Bertz CT molecular complexity index is 1040. The van der Waals surface area contributed by atoms with Gasteiger partial charge in [0.05, 0.1) is 22.5 Å². The number of aromatic nitrogens is 2. The second-order valence-corrected chi connectivity index (χ2v) is 7.28. The minimum Gasteiger partial charge on any atom is -0.288 e. The van der Waals surface area contributed by atoms with Gasteiger partial charge >= 0.3 is 0 Å². The van der Waals surface area contributed by atoms with Gasteiger partial charge in [-0.15, -0.1) is 0 Å². The summed E-state index contributed by atoms with van der Waals surface area (Å²) in [5, 5.41) is 4.10. The van der Waals surface area contributed by atoms with E-state index in [1.807, 2.05) is 0 Å². The molecule has 0 amide bonds. The molecular formula is C17H13FN2O3S. The molecule has 0 aliphatic rings. The smallest absolute Gasteiger partial charge is 0.200 e. The van der Waals surface area contributed by atoms with Crippen LogP contribution in [0.4, 0.5) is 4.39 Å². The Labute approximate surface area is 137 Å². The zero-order valence-corrected chi connectivity index (χ0v) is 13.5. The quantitative estimate of drug-likeness (QED) is 0.732. The standard InChI is InChI=1S/C17H13FN2O3S/c1-24(22,23)16-8-6-14(7-9-16)20-17(10-15(21)11-19-20)12-2-4-13(18)5-3-12/h2-11H,1H3. The van der Waals surface area contributed by atoms with Gasteiger partial charge in [0.15, 0.2) is 9.84 Å². The van der Waals surface area contributed by atoms with Crippen molar-refractivity contribution in [1.29, 1.82) is 0 Å². The minimum absolute atomic E-state index is 0.190. The van der Waals surface area contributed by atoms with E-state index in [4.69, 9.17) is 0 Å². The fraction of sp³-hybridized carbons (Fsp3) is 0.0588. The Balaban J connectivity index is 2.15. The summed E-state index contributed by atoms with van der Waals surface area (Å²) in [5.74, 6) is -0.381. The van der Waals surface area contributed by atoms with Gasteiger partial charge in [0.1, 0.15) is 5.82 Å². The maximum Gasteiger partial charge on any atom is 0.200 e. The molecular weight excluding hydrogens is 331 g/mol. The average Bonchev–Trinajstić information content (AvgIpc) is 2.55. The summed E-state index contributed by atoms with van der Waals surface area (Å²) < 4.78 is 37.7. The topological polar surface area (TPSA) is 69.0 Å². The van der Waals surface area contributed by atoms with E-state index in [1.54, 1.807) is 24.3 Å². The van der Waals surface area contributed by atoms with Crippen LogP contribution in [0.15, 0.2) is 70.5 Å². The summed E-state index contributed by atoms with van der Waals surface area (Å²) in [6, 6.07) is 13.2. The predicted octanol–water partition coefficient (Wildman–Crippen LogP) is 2.44. The van der Waals surface area contributed by atoms with Gasteiger partial charge in [0.2, 0.25) is 5.43 Å². The first-order chi connectivity index (χ1) is 11.3. The second kappa shape index (κ2) is 6.01. The lowest BCUT2D eigenvalue weighted by molar-refractivity contribution is 0.602. The van der Waals surface area contributed by atoms with Gasteiger partial charge in [-0.05, 0) is 48.5 Å². The van der Waals surface area contributed by atoms with Gasteiger partial charge in [0.25, 0.3) is 0 Å². The predicted molar refractivity (Wildman–Crippen MR) is 88.3 cm³/mol. The van der Waals surface area contributed by atoms with Gasteiger partial charge in [-0.1, -0.05) is 0 Å². The van der Waals surface area contributed by atoms with Crippen LogP contribution in [0.1, 0.15) is 0 Å². The number of halogens is 1. The fourth-order valence-electron chi connectivity index (χ4n) is 2.28. The summed E-state index contributed by atoms with van der Waals surface area (Å²) >= 11 is 0. The molecule has 5 nitrogen and oxygen atoms in total. The molecule has 0 bridgehead atoms. The molecule has 122 valence electrons. The molecule has 7 heteroatoms. The summed E-state index contributed by atoms with van der Waals surface area (Å²) in [4.78, 5) is 11.9. The van der Waals surface area contributed by atoms with Crippen LogP contribution in [0.25, 0.3) is 16.9 Å². The Morgan fingerprint density at radius 3 is 2.21 bits per heavy atom. The lowest BCUT2D eigenvalue weighted by atomic mass is 10.1. The highest BCUT2D eigenvalue weighted by atomic mass is 32.2.